The highest BCUT2D eigenvalue weighted by Gasteiger charge is 2.28. The summed E-state index contributed by atoms with van der Waals surface area (Å²) in [7, 11) is 0. The van der Waals surface area contributed by atoms with E-state index in [1.165, 1.54) is 6.33 Å². The van der Waals surface area contributed by atoms with Crippen molar-refractivity contribution < 1.29 is 8.78 Å². The van der Waals surface area contributed by atoms with Crippen LogP contribution in [0.25, 0.3) is 10.9 Å². The number of nitrogens with zero attached hydrogens (tertiary/aromatic N) is 4. The summed E-state index contributed by atoms with van der Waals surface area (Å²) in [6, 6.07) is 5.66. The Morgan fingerprint density at radius 2 is 2.13 bits per heavy atom. The molecule has 1 aromatic carbocycles. The summed E-state index contributed by atoms with van der Waals surface area (Å²) in [4.78, 5) is 12.7. The first-order valence-corrected chi connectivity index (χ1v) is 8.13. The maximum Gasteiger partial charge on any atom is 0.251 e. The van der Waals surface area contributed by atoms with E-state index in [0.717, 1.165) is 23.1 Å². The molecule has 1 saturated heterocycles. The second kappa shape index (κ2) is 6.93. The molecule has 0 saturated carbocycles. The van der Waals surface area contributed by atoms with Gasteiger partial charge in [0.2, 0.25) is 0 Å². The van der Waals surface area contributed by atoms with Crippen LogP contribution >= 0.6 is 11.6 Å². The lowest BCUT2D eigenvalue weighted by molar-refractivity contribution is 0.0587. The molecule has 0 aliphatic carbocycles. The van der Waals surface area contributed by atoms with Gasteiger partial charge in [-0.2, -0.15) is 0 Å². The van der Waals surface area contributed by atoms with Crippen molar-refractivity contribution in [2.75, 3.05) is 31.1 Å². The zero-order valence-electron chi connectivity index (χ0n) is 12.9. The van der Waals surface area contributed by atoms with Crippen LogP contribution in [0.5, 0.6) is 0 Å². The molecule has 0 spiro atoms. The average molecular weight is 341 g/mol. The molecule has 1 atom stereocenters. The lowest BCUT2D eigenvalue weighted by Gasteiger charge is -2.41. The topological polar surface area (TPSA) is 32.3 Å². The molecule has 2 aromatic rings. The van der Waals surface area contributed by atoms with Gasteiger partial charge in [-0.3, -0.25) is 4.90 Å². The summed E-state index contributed by atoms with van der Waals surface area (Å²) in [5.41, 5.74) is 0.797. The number of halogens is 3. The van der Waals surface area contributed by atoms with Crippen LogP contribution in [-0.2, 0) is 0 Å². The predicted molar refractivity (Wildman–Crippen MR) is 88.4 cm³/mol. The number of rotatable bonds is 4. The maximum atomic E-state index is 12.7. The fourth-order valence-electron chi connectivity index (χ4n) is 3.16. The molecule has 124 valence electrons. The Labute approximate surface area is 139 Å². The van der Waals surface area contributed by atoms with Crippen LogP contribution in [0.4, 0.5) is 14.6 Å². The highest BCUT2D eigenvalue weighted by Crippen LogP contribution is 2.27. The summed E-state index contributed by atoms with van der Waals surface area (Å²) < 4.78 is 25.4. The van der Waals surface area contributed by atoms with Gasteiger partial charge in [0.25, 0.3) is 6.43 Å². The fraction of sp³-hybridized carbons (Fsp3) is 0.500. The van der Waals surface area contributed by atoms with Gasteiger partial charge in [0.05, 0.1) is 12.1 Å². The Morgan fingerprint density at radius 3 is 2.87 bits per heavy atom. The Kier molecular flexibility index (Phi) is 4.92. The Bertz CT molecular complexity index is 682. The number of fused-ring (bicyclic) bond motifs is 1. The quantitative estimate of drug-likeness (QED) is 0.853. The smallest absolute Gasteiger partial charge is 0.251 e. The van der Waals surface area contributed by atoms with E-state index >= 15 is 0 Å². The van der Waals surface area contributed by atoms with E-state index in [1.54, 1.807) is 0 Å². The fourth-order valence-corrected chi connectivity index (χ4v) is 3.32. The molecule has 1 aromatic heterocycles. The SMILES string of the molecule is CCC1CN(c2ncnc3cc(Cl)ccc23)CCN1CC(F)F. The molecule has 3 rings (SSSR count). The second-order valence-electron chi connectivity index (χ2n) is 5.75. The standard InChI is InChI=1S/C16H19ClF2N4/c1-2-12-8-23(6-5-22(12)9-15(18)19)16-13-4-3-11(17)7-14(13)20-10-21-16/h3-4,7,10,12,15H,2,5-6,8-9H2,1H3. The van der Waals surface area contributed by atoms with Crippen molar-refractivity contribution >= 4 is 28.3 Å². The van der Waals surface area contributed by atoms with Crippen molar-refractivity contribution in [1.82, 2.24) is 14.9 Å². The number of aromatic nitrogens is 2. The van der Waals surface area contributed by atoms with Crippen LogP contribution in [0.2, 0.25) is 5.02 Å². The number of alkyl halides is 2. The minimum atomic E-state index is -2.29. The van der Waals surface area contributed by atoms with Crippen molar-refractivity contribution in [3.05, 3.63) is 29.5 Å². The van der Waals surface area contributed by atoms with Gasteiger partial charge in [-0.15, -0.1) is 0 Å². The highest BCUT2D eigenvalue weighted by atomic mass is 35.5. The molecule has 1 fully saturated rings. The van der Waals surface area contributed by atoms with Crippen molar-refractivity contribution in [2.45, 2.75) is 25.8 Å². The van der Waals surface area contributed by atoms with Crippen LogP contribution in [0.1, 0.15) is 13.3 Å². The first-order valence-electron chi connectivity index (χ1n) is 7.76. The summed E-state index contributed by atoms with van der Waals surface area (Å²) in [5, 5.41) is 1.57. The molecule has 7 heteroatoms. The van der Waals surface area contributed by atoms with Gasteiger partial charge in [-0.25, -0.2) is 18.7 Å². The minimum absolute atomic E-state index is 0.107. The van der Waals surface area contributed by atoms with Gasteiger partial charge < -0.3 is 4.90 Å². The van der Waals surface area contributed by atoms with E-state index in [9.17, 15) is 8.78 Å². The third-order valence-corrected chi connectivity index (χ3v) is 4.56. The third-order valence-electron chi connectivity index (χ3n) is 4.33. The number of piperazine rings is 1. The normalized spacial score (nSPS) is 19.7. The monoisotopic (exact) mass is 340 g/mol. The molecular formula is C16H19ClF2N4. The van der Waals surface area contributed by atoms with Crippen molar-refractivity contribution in [1.29, 1.82) is 0 Å². The zero-order chi connectivity index (χ0) is 16.4. The Morgan fingerprint density at radius 1 is 1.30 bits per heavy atom. The maximum absolute atomic E-state index is 12.7. The van der Waals surface area contributed by atoms with E-state index < -0.39 is 6.43 Å². The molecule has 4 nitrogen and oxygen atoms in total. The van der Waals surface area contributed by atoms with Crippen LogP contribution < -0.4 is 4.90 Å². The van der Waals surface area contributed by atoms with E-state index in [1.807, 2.05) is 30.0 Å². The molecule has 1 unspecified atom stereocenters. The third kappa shape index (κ3) is 3.53. The van der Waals surface area contributed by atoms with E-state index in [2.05, 4.69) is 14.9 Å². The molecule has 1 aliphatic heterocycles. The van der Waals surface area contributed by atoms with Gasteiger partial charge in [0, 0.05) is 36.1 Å². The van der Waals surface area contributed by atoms with Crippen LogP contribution in [0.3, 0.4) is 0 Å². The average Bonchev–Trinajstić information content (AvgIpc) is 2.54. The zero-order valence-corrected chi connectivity index (χ0v) is 13.7. The number of anilines is 1. The first kappa shape index (κ1) is 16.3. The Balaban J connectivity index is 1.86. The molecule has 1 aliphatic rings. The molecule has 23 heavy (non-hydrogen) atoms. The van der Waals surface area contributed by atoms with Gasteiger partial charge in [-0.05, 0) is 24.6 Å². The molecule has 0 N–H and O–H groups in total. The number of hydrogen-bond donors (Lipinski definition) is 0. The lowest BCUT2D eigenvalue weighted by atomic mass is 10.1. The van der Waals surface area contributed by atoms with Crippen LogP contribution in [0.15, 0.2) is 24.5 Å². The van der Waals surface area contributed by atoms with E-state index in [4.69, 9.17) is 11.6 Å². The van der Waals surface area contributed by atoms with Crippen molar-refractivity contribution in [2.24, 2.45) is 0 Å². The molecular weight excluding hydrogens is 322 g/mol. The minimum Gasteiger partial charge on any atom is -0.353 e. The molecule has 2 heterocycles. The van der Waals surface area contributed by atoms with Crippen LogP contribution in [-0.4, -0.2) is 53.5 Å². The first-order chi connectivity index (χ1) is 11.1. The van der Waals surface area contributed by atoms with Crippen molar-refractivity contribution in [3.63, 3.8) is 0 Å². The van der Waals surface area contributed by atoms with Gasteiger partial charge in [-0.1, -0.05) is 18.5 Å². The number of hydrogen-bond acceptors (Lipinski definition) is 4. The van der Waals surface area contributed by atoms with Gasteiger partial charge >= 0.3 is 0 Å². The van der Waals surface area contributed by atoms with E-state index in [-0.39, 0.29) is 12.6 Å². The highest BCUT2D eigenvalue weighted by molar-refractivity contribution is 6.31. The largest absolute Gasteiger partial charge is 0.353 e. The summed E-state index contributed by atoms with van der Waals surface area (Å²) in [5.74, 6) is 0.849. The predicted octanol–water partition coefficient (Wildman–Crippen LogP) is 3.45. The van der Waals surface area contributed by atoms with Crippen molar-refractivity contribution in [3.8, 4) is 0 Å². The molecule has 0 bridgehead atoms. The molecule has 0 amide bonds. The van der Waals surface area contributed by atoms with Gasteiger partial charge in [0.1, 0.15) is 12.1 Å². The molecule has 0 radical (unpaired) electrons. The Hall–Kier alpha value is -1.53. The second-order valence-corrected chi connectivity index (χ2v) is 6.19. The van der Waals surface area contributed by atoms with Gasteiger partial charge in [0.15, 0.2) is 0 Å². The lowest BCUT2D eigenvalue weighted by Crippen LogP contribution is -2.54. The van der Waals surface area contributed by atoms with E-state index in [0.29, 0.717) is 24.7 Å². The summed E-state index contributed by atoms with van der Waals surface area (Å²) >= 11 is 6.02. The summed E-state index contributed by atoms with van der Waals surface area (Å²) in [6.07, 6.45) is 0.0658. The summed E-state index contributed by atoms with van der Waals surface area (Å²) in [6.45, 7) is 3.86. The van der Waals surface area contributed by atoms with Crippen LogP contribution in [0, 0.1) is 0 Å². The number of benzene rings is 1.